The van der Waals surface area contributed by atoms with Crippen molar-refractivity contribution >= 4 is 22.9 Å². The molecule has 0 saturated heterocycles. The minimum Gasteiger partial charge on any atom is -0.347 e. The molecule has 5 nitrogen and oxygen atoms in total. The van der Waals surface area contributed by atoms with E-state index in [1.54, 1.807) is 16.8 Å². The summed E-state index contributed by atoms with van der Waals surface area (Å²) in [6, 6.07) is 21.2. The summed E-state index contributed by atoms with van der Waals surface area (Å²) in [7, 11) is 0. The van der Waals surface area contributed by atoms with Gasteiger partial charge in [0, 0.05) is 29.2 Å². The summed E-state index contributed by atoms with van der Waals surface area (Å²) >= 11 is 0. The molecule has 1 aromatic heterocycles. The zero-order chi connectivity index (χ0) is 18.4. The SMILES string of the molecule is N#CCn1cc(/C=C(/C#N)C(=O)NCc2ccccc2)c2ccccc21. The number of hydrogen-bond acceptors (Lipinski definition) is 3. The van der Waals surface area contributed by atoms with Gasteiger partial charge in [-0.15, -0.1) is 0 Å². The van der Waals surface area contributed by atoms with Gasteiger partial charge in [0.05, 0.1) is 6.07 Å². The molecule has 2 aromatic carbocycles. The molecule has 0 radical (unpaired) electrons. The lowest BCUT2D eigenvalue weighted by atomic mass is 10.1. The average Bonchev–Trinajstić information content (AvgIpc) is 3.03. The highest BCUT2D eigenvalue weighted by molar-refractivity contribution is 6.04. The van der Waals surface area contributed by atoms with Gasteiger partial charge in [-0.2, -0.15) is 10.5 Å². The number of hydrogen-bond donors (Lipinski definition) is 1. The van der Waals surface area contributed by atoms with Crippen LogP contribution in [0, 0.1) is 22.7 Å². The summed E-state index contributed by atoms with van der Waals surface area (Å²) in [6.45, 7) is 0.561. The lowest BCUT2D eigenvalue weighted by Crippen LogP contribution is -2.23. The number of nitrogens with zero attached hydrogens (tertiary/aromatic N) is 3. The fraction of sp³-hybridized carbons (Fsp3) is 0.0952. The molecule has 3 aromatic rings. The number of carbonyl (C=O) groups is 1. The first kappa shape index (κ1) is 17.0. The third-order valence-corrected chi connectivity index (χ3v) is 4.02. The standard InChI is InChI=1S/C21H16N4O/c22-10-11-25-15-18(19-8-4-5-9-20(19)25)12-17(13-23)21(26)24-14-16-6-2-1-3-7-16/h1-9,12,15H,11,14H2,(H,24,26)/b17-12-. The molecule has 0 fully saturated rings. The average molecular weight is 340 g/mol. The summed E-state index contributed by atoms with van der Waals surface area (Å²) in [5, 5.41) is 22.0. The zero-order valence-corrected chi connectivity index (χ0v) is 14.0. The van der Waals surface area contributed by atoms with Gasteiger partial charge < -0.3 is 9.88 Å². The van der Waals surface area contributed by atoms with Crippen molar-refractivity contribution in [1.29, 1.82) is 10.5 Å². The third kappa shape index (κ3) is 3.63. The topological polar surface area (TPSA) is 81.6 Å². The Balaban J connectivity index is 1.87. The molecule has 0 unspecified atom stereocenters. The number of carbonyl (C=O) groups excluding carboxylic acids is 1. The largest absolute Gasteiger partial charge is 0.347 e. The van der Waals surface area contributed by atoms with Gasteiger partial charge in [0.15, 0.2) is 0 Å². The highest BCUT2D eigenvalue weighted by Crippen LogP contribution is 2.23. The molecule has 0 spiro atoms. The number of fused-ring (bicyclic) bond motifs is 1. The van der Waals surface area contributed by atoms with Crippen LogP contribution in [0.2, 0.25) is 0 Å². The van der Waals surface area contributed by atoms with Crippen LogP contribution in [0.5, 0.6) is 0 Å². The molecular formula is C21H16N4O. The van der Waals surface area contributed by atoms with Crippen molar-refractivity contribution in [3.05, 3.63) is 77.5 Å². The van der Waals surface area contributed by atoms with Gasteiger partial charge in [0.1, 0.15) is 18.2 Å². The number of benzene rings is 2. The van der Waals surface area contributed by atoms with Crippen molar-refractivity contribution in [1.82, 2.24) is 9.88 Å². The maximum Gasteiger partial charge on any atom is 0.262 e. The second-order valence-corrected chi connectivity index (χ2v) is 5.73. The summed E-state index contributed by atoms with van der Waals surface area (Å²) in [6.07, 6.45) is 3.35. The second kappa shape index (κ2) is 7.83. The molecule has 0 bridgehead atoms. The van der Waals surface area contributed by atoms with Crippen LogP contribution in [0.3, 0.4) is 0 Å². The van der Waals surface area contributed by atoms with E-state index in [1.807, 2.05) is 60.7 Å². The number of amides is 1. The maximum atomic E-state index is 12.4. The molecule has 1 amide bonds. The fourth-order valence-electron chi connectivity index (χ4n) is 2.77. The normalized spacial score (nSPS) is 10.9. The van der Waals surface area contributed by atoms with E-state index in [2.05, 4.69) is 11.4 Å². The van der Waals surface area contributed by atoms with Gasteiger partial charge in [0.25, 0.3) is 5.91 Å². The fourth-order valence-corrected chi connectivity index (χ4v) is 2.77. The van der Waals surface area contributed by atoms with E-state index >= 15 is 0 Å². The highest BCUT2D eigenvalue weighted by atomic mass is 16.1. The molecule has 0 aliphatic heterocycles. The van der Waals surface area contributed by atoms with Crippen LogP contribution in [-0.2, 0) is 17.9 Å². The van der Waals surface area contributed by atoms with Crippen molar-refractivity contribution < 1.29 is 4.79 Å². The molecule has 0 atom stereocenters. The predicted octanol–water partition coefficient (Wildman–Crippen LogP) is 3.39. The number of para-hydroxylation sites is 1. The minimum absolute atomic E-state index is 0.0285. The van der Waals surface area contributed by atoms with Crippen molar-refractivity contribution in [2.45, 2.75) is 13.1 Å². The first-order chi connectivity index (χ1) is 12.7. The molecule has 1 N–H and O–H groups in total. The number of rotatable bonds is 5. The van der Waals surface area contributed by atoms with Gasteiger partial charge in [-0.25, -0.2) is 0 Å². The first-order valence-corrected chi connectivity index (χ1v) is 8.11. The van der Waals surface area contributed by atoms with E-state index in [9.17, 15) is 10.1 Å². The van der Waals surface area contributed by atoms with E-state index < -0.39 is 5.91 Å². The Morgan fingerprint density at radius 1 is 1.08 bits per heavy atom. The Kier molecular flexibility index (Phi) is 5.12. The van der Waals surface area contributed by atoms with Gasteiger partial charge in [-0.05, 0) is 17.7 Å². The van der Waals surface area contributed by atoms with Crippen molar-refractivity contribution in [2.24, 2.45) is 0 Å². The summed E-state index contributed by atoms with van der Waals surface area (Å²) < 4.78 is 1.80. The van der Waals surface area contributed by atoms with Crippen molar-refractivity contribution in [3.63, 3.8) is 0 Å². The number of nitriles is 2. The molecule has 0 saturated carbocycles. The first-order valence-electron chi connectivity index (χ1n) is 8.11. The summed E-state index contributed by atoms with van der Waals surface area (Å²) in [5.41, 5.74) is 2.62. The Morgan fingerprint density at radius 3 is 2.54 bits per heavy atom. The second-order valence-electron chi connectivity index (χ2n) is 5.73. The van der Waals surface area contributed by atoms with Crippen LogP contribution in [0.15, 0.2) is 66.4 Å². The lowest BCUT2D eigenvalue weighted by Gasteiger charge is -2.04. The van der Waals surface area contributed by atoms with Crippen LogP contribution in [0.4, 0.5) is 0 Å². The minimum atomic E-state index is -0.423. The van der Waals surface area contributed by atoms with Gasteiger partial charge in [0.2, 0.25) is 0 Å². The third-order valence-electron chi connectivity index (χ3n) is 4.02. The Hall–Kier alpha value is -3.83. The van der Waals surface area contributed by atoms with E-state index in [0.29, 0.717) is 6.54 Å². The number of nitrogens with one attached hydrogen (secondary N) is 1. The van der Waals surface area contributed by atoms with Gasteiger partial charge >= 0.3 is 0 Å². The molecule has 5 heteroatoms. The Morgan fingerprint density at radius 2 is 1.81 bits per heavy atom. The van der Waals surface area contributed by atoms with Gasteiger partial charge in [-0.1, -0.05) is 48.5 Å². The summed E-state index contributed by atoms with van der Waals surface area (Å²) in [4.78, 5) is 12.4. The maximum absolute atomic E-state index is 12.4. The van der Waals surface area contributed by atoms with E-state index in [4.69, 9.17) is 5.26 Å². The molecule has 126 valence electrons. The Bertz CT molecular complexity index is 1050. The molecule has 26 heavy (non-hydrogen) atoms. The lowest BCUT2D eigenvalue weighted by molar-refractivity contribution is -0.117. The van der Waals surface area contributed by atoms with Crippen LogP contribution >= 0.6 is 0 Å². The van der Waals surface area contributed by atoms with Crippen LogP contribution in [0.1, 0.15) is 11.1 Å². The smallest absolute Gasteiger partial charge is 0.262 e. The molecular weight excluding hydrogens is 324 g/mol. The Labute approximate surface area is 151 Å². The van der Waals surface area contributed by atoms with Crippen LogP contribution in [-0.4, -0.2) is 10.5 Å². The van der Waals surface area contributed by atoms with Crippen molar-refractivity contribution in [2.75, 3.05) is 0 Å². The summed E-state index contributed by atoms with van der Waals surface area (Å²) in [5.74, 6) is -0.423. The molecule has 3 rings (SSSR count). The number of aromatic nitrogens is 1. The molecule has 0 aliphatic carbocycles. The predicted molar refractivity (Wildman–Crippen MR) is 99.4 cm³/mol. The van der Waals surface area contributed by atoms with E-state index in [0.717, 1.165) is 22.0 Å². The van der Waals surface area contributed by atoms with Crippen molar-refractivity contribution in [3.8, 4) is 12.1 Å². The van der Waals surface area contributed by atoms with E-state index in [1.165, 1.54) is 0 Å². The van der Waals surface area contributed by atoms with Crippen LogP contribution < -0.4 is 5.32 Å². The quantitative estimate of drug-likeness (QED) is 0.571. The van der Waals surface area contributed by atoms with E-state index in [-0.39, 0.29) is 12.1 Å². The van der Waals surface area contributed by atoms with Crippen LogP contribution in [0.25, 0.3) is 17.0 Å². The zero-order valence-electron chi connectivity index (χ0n) is 14.0. The molecule has 1 heterocycles. The molecule has 0 aliphatic rings. The van der Waals surface area contributed by atoms with Gasteiger partial charge in [-0.3, -0.25) is 4.79 Å². The highest BCUT2D eigenvalue weighted by Gasteiger charge is 2.12. The monoisotopic (exact) mass is 340 g/mol.